The summed E-state index contributed by atoms with van der Waals surface area (Å²) in [6.45, 7) is 5.08. The van der Waals surface area contributed by atoms with Gasteiger partial charge in [-0.25, -0.2) is 0 Å². The number of hydrogen-bond acceptors (Lipinski definition) is 2. The summed E-state index contributed by atoms with van der Waals surface area (Å²) in [5, 5.41) is 0.384. The first kappa shape index (κ1) is 14.2. The fourth-order valence-electron chi connectivity index (χ4n) is 2.89. The Bertz CT molecular complexity index is 220. The van der Waals surface area contributed by atoms with Gasteiger partial charge in [0.25, 0.3) is 0 Å². The maximum Gasteiger partial charge on any atom is 0.0390 e. The monoisotopic (exact) mass is 245 g/mol. The third-order valence-electron chi connectivity index (χ3n) is 3.78. The Hall–Kier alpha value is 0.110. The molecule has 96 valence electrons. The molecule has 0 aliphatic heterocycles. The molecular formula is C13H27NOS. The highest BCUT2D eigenvalue weighted by Gasteiger charge is 2.32. The van der Waals surface area contributed by atoms with Gasteiger partial charge in [-0.3, -0.25) is 4.21 Å². The molecule has 4 unspecified atom stereocenters. The minimum absolute atomic E-state index is 0.384. The molecule has 0 aromatic heterocycles. The highest BCUT2D eigenvalue weighted by Crippen LogP contribution is 2.34. The minimum Gasteiger partial charge on any atom is -0.330 e. The minimum atomic E-state index is -0.641. The van der Waals surface area contributed by atoms with E-state index in [1.807, 2.05) is 0 Å². The van der Waals surface area contributed by atoms with Crippen molar-refractivity contribution in [1.82, 2.24) is 0 Å². The first-order valence-electron chi connectivity index (χ1n) is 6.80. The van der Waals surface area contributed by atoms with E-state index in [9.17, 15) is 4.21 Å². The van der Waals surface area contributed by atoms with E-state index < -0.39 is 10.8 Å². The second-order valence-corrected chi connectivity index (χ2v) is 6.86. The number of rotatable bonds is 6. The average Bonchev–Trinajstić information content (AvgIpc) is 2.30. The van der Waals surface area contributed by atoms with E-state index in [-0.39, 0.29) is 0 Å². The molecule has 0 spiro atoms. The van der Waals surface area contributed by atoms with Crippen molar-refractivity contribution in [1.29, 1.82) is 0 Å². The molecule has 3 heteroatoms. The van der Waals surface area contributed by atoms with Crippen LogP contribution in [-0.2, 0) is 10.8 Å². The van der Waals surface area contributed by atoms with E-state index in [0.717, 1.165) is 31.1 Å². The van der Waals surface area contributed by atoms with Gasteiger partial charge in [-0.1, -0.05) is 33.1 Å². The molecule has 0 aromatic carbocycles. The van der Waals surface area contributed by atoms with E-state index in [1.165, 1.54) is 25.7 Å². The van der Waals surface area contributed by atoms with Crippen molar-refractivity contribution in [3.05, 3.63) is 0 Å². The van der Waals surface area contributed by atoms with Gasteiger partial charge in [-0.15, -0.1) is 0 Å². The normalized spacial score (nSPS) is 32.6. The lowest BCUT2D eigenvalue weighted by molar-refractivity contribution is 0.272. The molecule has 16 heavy (non-hydrogen) atoms. The number of nitrogens with two attached hydrogens (primary N) is 1. The molecule has 0 aromatic rings. The first-order chi connectivity index (χ1) is 7.72. The summed E-state index contributed by atoms with van der Waals surface area (Å²) in [5.74, 6) is 2.18. The van der Waals surface area contributed by atoms with Gasteiger partial charge in [0.05, 0.1) is 0 Å². The summed E-state index contributed by atoms with van der Waals surface area (Å²) < 4.78 is 12.2. The van der Waals surface area contributed by atoms with Crippen LogP contribution in [0.4, 0.5) is 0 Å². The molecule has 2 nitrogen and oxygen atoms in total. The quantitative estimate of drug-likeness (QED) is 0.782. The van der Waals surface area contributed by atoms with Gasteiger partial charge in [0.1, 0.15) is 0 Å². The molecule has 0 radical (unpaired) electrons. The largest absolute Gasteiger partial charge is 0.330 e. The van der Waals surface area contributed by atoms with Crippen molar-refractivity contribution >= 4 is 10.8 Å². The smallest absolute Gasteiger partial charge is 0.0390 e. The van der Waals surface area contributed by atoms with Crippen LogP contribution in [0.3, 0.4) is 0 Å². The van der Waals surface area contributed by atoms with E-state index in [4.69, 9.17) is 5.73 Å². The first-order valence-corrected chi connectivity index (χ1v) is 8.18. The molecule has 1 aliphatic rings. The van der Waals surface area contributed by atoms with Gasteiger partial charge in [-0.2, -0.15) is 0 Å². The molecule has 1 aliphatic carbocycles. The lowest BCUT2D eigenvalue weighted by Gasteiger charge is -2.35. The lowest BCUT2D eigenvalue weighted by Crippen LogP contribution is -2.38. The molecular weight excluding hydrogens is 218 g/mol. The molecule has 2 N–H and O–H groups in total. The van der Waals surface area contributed by atoms with Gasteiger partial charge in [0, 0.05) is 21.8 Å². The maximum atomic E-state index is 12.2. The van der Waals surface area contributed by atoms with Crippen LogP contribution < -0.4 is 5.73 Å². The molecule has 0 bridgehead atoms. The molecule has 0 heterocycles. The fraction of sp³-hybridized carbons (Fsp3) is 1.00. The summed E-state index contributed by atoms with van der Waals surface area (Å²) >= 11 is 0. The highest BCUT2D eigenvalue weighted by atomic mass is 32.2. The Kier molecular flexibility index (Phi) is 6.59. The van der Waals surface area contributed by atoms with Gasteiger partial charge in [0.15, 0.2) is 0 Å². The van der Waals surface area contributed by atoms with Crippen LogP contribution in [0, 0.1) is 11.8 Å². The molecule has 0 saturated heterocycles. The zero-order valence-electron chi connectivity index (χ0n) is 10.8. The van der Waals surface area contributed by atoms with Crippen LogP contribution in [0.25, 0.3) is 0 Å². The molecule has 1 rings (SSSR count). The Balaban J connectivity index is 2.56. The van der Waals surface area contributed by atoms with Crippen molar-refractivity contribution in [3.63, 3.8) is 0 Å². The van der Waals surface area contributed by atoms with Gasteiger partial charge in [-0.05, 0) is 37.6 Å². The van der Waals surface area contributed by atoms with Gasteiger partial charge >= 0.3 is 0 Å². The van der Waals surface area contributed by atoms with Crippen LogP contribution in [0.2, 0.25) is 0 Å². The summed E-state index contributed by atoms with van der Waals surface area (Å²) in [4.78, 5) is 0. The second kappa shape index (κ2) is 7.44. The van der Waals surface area contributed by atoms with E-state index in [2.05, 4.69) is 13.8 Å². The van der Waals surface area contributed by atoms with E-state index in [0.29, 0.717) is 11.2 Å². The van der Waals surface area contributed by atoms with Crippen LogP contribution in [0.5, 0.6) is 0 Å². The predicted molar refractivity (Wildman–Crippen MR) is 71.9 cm³/mol. The van der Waals surface area contributed by atoms with Crippen LogP contribution in [-0.4, -0.2) is 21.8 Å². The van der Waals surface area contributed by atoms with Crippen molar-refractivity contribution in [2.45, 2.75) is 57.6 Å². The Labute approximate surface area is 103 Å². The Morgan fingerprint density at radius 3 is 2.56 bits per heavy atom. The summed E-state index contributed by atoms with van der Waals surface area (Å²) in [5.41, 5.74) is 5.81. The zero-order valence-corrected chi connectivity index (χ0v) is 11.6. The number of hydrogen-bond donors (Lipinski definition) is 1. The van der Waals surface area contributed by atoms with Crippen LogP contribution in [0.1, 0.15) is 52.4 Å². The SMILES string of the molecule is CCCC1CCC(CN)C(S(=O)CCC)C1. The fourth-order valence-corrected chi connectivity index (χ4v) is 4.76. The summed E-state index contributed by atoms with van der Waals surface area (Å²) in [6.07, 6.45) is 7.24. The summed E-state index contributed by atoms with van der Waals surface area (Å²) in [7, 11) is -0.641. The van der Waals surface area contributed by atoms with Crippen LogP contribution >= 0.6 is 0 Å². The lowest BCUT2D eigenvalue weighted by atomic mass is 9.80. The molecule has 0 amide bonds. The molecule has 1 fully saturated rings. The third-order valence-corrected chi connectivity index (χ3v) is 5.84. The standard InChI is InChI=1S/C13H27NOS/c1-3-5-11-6-7-12(10-14)13(9-11)16(15)8-4-2/h11-13H,3-10,14H2,1-2H3. The second-order valence-electron chi connectivity index (χ2n) is 5.09. The predicted octanol–water partition coefficient (Wildman–Crippen LogP) is 2.69. The summed E-state index contributed by atoms with van der Waals surface area (Å²) in [6, 6.07) is 0. The Morgan fingerprint density at radius 1 is 1.25 bits per heavy atom. The highest BCUT2D eigenvalue weighted by molar-refractivity contribution is 7.85. The van der Waals surface area contributed by atoms with Crippen molar-refractivity contribution in [2.24, 2.45) is 17.6 Å². The van der Waals surface area contributed by atoms with E-state index in [1.54, 1.807) is 0 Å². The van der Waals surface area contributed by atoms with Crippen molar-refractivity contribution in [2.75, 3.05) is 12.3 Å². The van der Waals surface area contributed by atoms with Crippen molar-refractivity contribution in [3.8, 4) is 0 Å². The van der Waals surface area contributed by atoms with Crippen LogP contribution in [0.15, 0.2) is 0 Å². The average molecular weight is 245 g/mol. The van der Waals surface area contributed by atoms with Gasteiger partial charge < -0.3 is 5.73 Å². The van der Waals surface area contributed by atoms with Crippen molar-refractivity contribution < 1.29 is 4.21 Å². The van der Waals surface area contributed by atoms with E-state index >= 15 is 0 Å². The zero-order chi connectivity index (χ0) is 12.0. The molecule has 1 saturated carbocycles. The topological polar surface area (TPSA) is 43.1 Å². The third kappa shape index (κ3) is 3.85. The molecule has 4 atom stereocenters. The Morgan fingerprint density at radius 2 is 2.00 bits per heavy atom. The van der Waals surface area contributed by atoms with Gasteiger partial charge in [0.2, 0.25) is 0 Å². The maximum absolute atomic E-state index is 12.2.